The van der Waals surface area contributed by atoms with Crippen LogP contribution in [0.2, 0.25) is 0 Å². The molecule has 0 saturated carbocycles. The van der Waals surface area contributed by atoms with Crippen LogP contribution in [0.1, 0.15) is 40.4 Å². The molecule has 3 heterocycles. The van der Waals surface area contributed by atoms with Gasteiger partial charge >= 0.3 is 12.5 Å². The lowest BCUT2D eigenvalue weighted by molar-refractivity contribution is -0.287. The van der Waals surface area contributed by atoms with E-state index in [1.54, 1.807) is 0 Å². The summed E-state index contributed by atoms with van der Waals surface area (Å²) >= 11 is 0. The molecule has 0 radical (unpaired) electrons. The second-order valence-electron chi connectivity index (χ2n) is 9.17. The van der Waals surface area contributed by atoms with Crippen molar-refractivity contribution in [3.63, 3.8) is 0 Å². The van der Waals surface area contributed by atoms with Gasteiger partial charge in [0.05, 0.1) is 46.6 Å². The van der Waals surface area contributed by atoms with Crippen LogP contribution in [-0.4, -0.2) is 52.6 Å². The average Bonchev–Trinajstić information content (AvgIpc) is 3.47. The molecule has 42 heavy (non-hydrogen) atoms. The maximum Gasteiger partial charge on any atom is 0.586 e. The summed E-state index contributed by atoms with van der Waals surface area (Å²) in [5, 5.41) is 12.3. The summed E-state index contributed by atoms with van der Waals surface area (Å²) in [7, 11) is -3.52. The molecule has 2 aromatic carbocycles. The number of halogens is 5. The normalized spacial score (nSPS) is 15.1. The number of alkyl halides is 5. The van der Waals surface area contributed by atoms with Gasteiger partial charge in [0.25, 0.3) is 5.91 Å². The fourth-order valence-electron chi connectivity index (χ4n) is 4.37. The van der Waals surface area contributed by atoms with Crippen molar-refractivity contribution in [3.8, 4) is 11.5 Å². The first-order valence-electron chi connectivity index (χ1n) is 12.3. The number of carbonyl (C=O) groups is 1. The summed E-state index contributed by atoms with van der Waals surface area (Å²) in [4.78, 5) is 20.6. The van der Waals surface area contributed by atoms with Crippen molar-refractivity contribution in [1.29, 1.82) is 0 Å². The van der Waals surface area contributed by atoms with Crippen LogP contribution in [0.3, 0.4) is 0 Å². The number of rotatable bonds is 8. The van der Waals surface area contributed by atoms with Gasteiger partial charge < -0.3 is 24.5 Å². The van der Waals surface area contributed by atoms with Crippen LogP contribution >= 0.6 is 0 Å². The number of aromatic nitrogens is 3. The van der Waals surface area contributed by atoms with Crippen LogP contribution in [-0.2, 0) is 22.6 Å². The van der Waals surface area contributed by atoms with Gasteiger partial charge in [-0.15, -0.1) is 8.78 Å². The predicted molar refractivity (Wildman–Crippen MR) is 136 cm³/mol. The number of pyridine rings is 1. The summed E-state index contributed by atoms with van der Waals surface area (Å²) in [6.07, 6.45) is -7.81. The van der Waals surface area contributed by atoms with Crippen molar-refractivity contribution in [2.75, 3.05) is 12.4 Å². The van der Waals surface area contributed by atoms with Gasteiger partial charge in [0, 0.05) is 17.3 Å². The van der Waals surface area contributed by atoms with Crippen molar-refractivity contribution in [2.45, 2.75) is 36.9 Å². The van der Waals surface area contributed by atoms with E-state index < -0.39 is 59.0 Å². The molecule has 1 aliphatic heterocycles. The van der Waals surface area contributed by atoms with Gasteiger partial charge in [-0.2, -0.15) is 13.2 Å². The standard InChI is InChI=1S/C26H21F5N4O6S/c1-2-42(38,39)16-7-8-17(32-11-16)19(13-36)33-23(37)14-6-9-20-18(10-14)34-24(25(27,28)29)35(20)12-15-4-3-5-21-22(15)41-26(30,31)40-21/h3-11,19,36H,2,12-13H2,1H3,(H,33,37)/t19-/m0/s1. The predicted octanol–water partition coefficient (Wildman–Crippen LogP) is 4.08. The Labute approximate surface area is 234 Å². The molecule has 4 aromatic rings. The zero-order valence-corrected chi connectivity index (χ0v) is 22.3. The average molecular weight is 613 g/mol. The van der Waals surface area contributed by atoms with Gasteiger partial charge in [-0.1, -0.05) is 19.1 Å². The number of amides is 1. The third-order valence-corrected chi connectivity index (χ3v) is 8.17. The number of sulfone groups is 1. The van der Waals surface area contributed by atoms with Gasteiger partial charge in [-0.3, -0.25) is 9.78 Å². The number of nitrogens with one attached hydrogen (secondary N) is 1. The van der Waals surface area contributed by atoms with Crippen LogP contribution in [0.15, 0.2) is 59.6 Å². The van der Waals surface area contributed by atoms with E-state index in [4.69, 9.17) is 0 Å². The van der Waals surface area contributed by atoms with Crippen LogP contribution in [0.5, 0.6) is 11.5 Å². The number of ether oxygens (including phenoxy) is 2. The van der Waals surface area contributed by atoms with Crippen molar-refractivity contribution >= 4 is 26.8 Å². The van der Waals surface area contributed by atoms with Crippen molar-refractivity contribution in [3.05, 3.63) is 77.4 Å². The lowest BCUT2D eigenvalue weighted by Gasteiger charge is -2.16. The smallest absolute Gasteiger partial charge is 0.395 e. The maximum absolute atomic E-state index is 14.0. The molecule has 5 rings (SSSR count). The van der Waals surface area contributed by atoms with Crippen molar-refractivity contribution < 1.29 is 49.7 Å². The molecule has 222 valence electrons. The molecule has 1 aliphatic rings. The summed E-state index contributed by atoms with van der Waals surface area (Å²) in [6, 6.07) is 8.95. The topological polar surface area (TPSA) is 133 Å². The highest BCUT2D eigenvalue weighted by atomic mass is 32.2. The molecule has 0 fully saturated rings. The first-order chi connectivity index (χ1) is 19.7. The molecular weight excluding hydrogens is 591 g/mol. The second-order valence-corrected chi connectivity index (χ2v) is 11.4. The van der Waals surface area contributed by atoms with E-state index in [9.17, 15) is 40.3 Å². The van der Waals surface area contributed by atoms with Crippen molar-refractivity contribution in [2.24, 2.45) is 0 Å². The fraction of sp³-hybridized carbons (Fsp3) is 0.269. The fourth-order valence-corrected chi connectivity index (χ4v) is 5.19. The number of para-hydroxylation sites is 1. The van der Waals surface area contributed by atoms with E-state index in [1.165, 1.54) is 49.4 Å². The number of benzene rings is 2. The minimum absolute atomic E-state index is 0.0210. The molecule has 16 heteroatoms. The molecule has 0 spiro atoms. The SMILES string of the molecule is CCS(=O)(=O)c1ccc([C@H](CO)NC(=O)c2ccc3c(c2)nc(C(F)(F)F)n3Cc2cccc3c2OC(F)(F)O3)nc1. The zero-order valence-electron chi connectivity index (χ0n) is 21.5. The van der Waals surface area contributed by atoms with E-state index in [0.29, 0.717) is 0 Å². The van der Waals surface area contributed by atoms with Crippen LogP contribution in [0.4, 0.5) is 22.0 Å². The Morgan fingerprint density at radius 1 is 1.14 bits per heavy atom. The van der Waals surface area contributed by atoms with Gasteiger partial charge in [-0.05, 0) is 36.4 Å². The van der Waals surface area contributed by atoms with Crippen LogP contribution in [0, 0.1) is 0 Å². The van der Waals surface area contributed by atoms with E-state index in [1.807, 2.05) is 0 Å². The molecule has 1 amide bonds. The van der Waals surface area contributed by atoms with Gasteiger partial charge in [0.15, 0.2) is 21.3 Å². The number of carbonyl (C=O) groups excluding carboxylic acids is 1. The Morgan fingerprint density at radius 2 is 1.90 bits per heavy atom. The number of imidazole rings is 1. The molecule has 0 saturated heterocycles. The Kier molecular flexibility index (Phi) is 7.30. The second kappa shape index (κ2) is 10.5. The molecule has 0 unspecified atom stereocenters. The molecule has 10 nitrogen and oxygen atoms in total. The van der Waals surface area contributed by atoms with E-state index >= 15 is 0 Å². The Bertz CT molecular complexity index is 1770. The minimum Gasteiger partial charge on any atom is -0.395 e. The number of hydrogen-bond acceptors (Lipinski definition) is 8. The third-order valence-electron chi connectivity index (χ3n) is 6.45. The molecule has 0 bridgehead atoms. The Morgan fingerprint density at radius 3 is 2.55 bits per heavy atom. The molecular formula is C26H21F5N4O6S. The quantitative estimate of drug-likeness (QED) is 0.285. The maximum atomic E-state index is 14.0. The molecule has 2 aromatic heterocycles. The number of hydrogen-bond donors (Lipinski definition) is 2. The number of aliphatic hydroxyl groups is 1. The number of aliphatic hydroxyl groups excluding tert-OH is 1. The van der Waals surface area contributed by atoms with E-state index in [2.05, 4.69) is 24.8 Å². The van der Waals surface area contributed by atoms with Crippen LogP contribution in [0.25, 0.3) is 11.0 Å². The zero-order chi connectivity index (χ0) is 30.4. The van der Waals surface area contributed by atoms with Gasteiger partial charge in [0.1, 0.15) is 0 Å². The lowest BCUT2D eigenvalue weighted by atomic mass is 10.1. The van der Waals surface area contributed by atoms with E-state index in [0.717, 1.165) is 16.8 Å². The highest BCUT2D eigenvalue weighted by Gasteiger charge is 2.45. The Balaban J connectivity index is 1.44. The molecule has 0 aliphatic carbocycles. The van der Waals surface area contributed by atoms with Gasteiger partial charge in [0.2, 0.25) is 5.82 Å². The van der Waals surface area contributed by atoms with Crippen LogP contribution < -0.4 is 14.8 Å². The van der Waals surface area contributed by atoms with Crippen molar-refractivity contribution in [1.82, 2.24) is 19.9 Å². The first kappa shape index (κ1) is 29.2. The number of nitrogens with zero attached hydrogens (tertiary/aromatic N) is 3. The summed E-state index contributed by atoms with van der Waals surface area (Å²) in [5.41, 5.74) is -0.222. The molecule has 1 atom stereocenters. The number of fused-ring (bicyclic) bond motifs is 2. The minimum atomic E-state index is -4.94. The third kappa shape index (κ3) is 5.59. The Hall–Kier alpha value is -4.31. The highest BCUT2D eigenvalue weighted by molar-refractivity contribution is 7.91. The van der Waals surface area contributed by atoms with E-state index in [-0.39, 0.29) is 44.3 Å². The summed E-state index contributed by atoms with van der Waals surface area (Å²) < 4.78 is 103. The monoisotopic (exact) mass is 612 g/mol. The lowest BCUT2D eigenvalue weighted by Crippen LogP contribution is -2.31. The van der Waals surface area contributed by atoms with Gasteiger partial charge in [-0.25, -0.2) is 13.4 Å². The highest BCUT2D eigenvalue weighted by Crippen LogP contribution is 2.44. The summed E-state index contributed by atoms with van der Waals surface area (Å²) in [5.74, 6) is -2.99. The largest absolute Gasteiger partial charge is 0.586 e. The molecule has 2 N–H and O–H groups in total. The summed E-state index contributed by atoms with van der Waals surface area (Å²) in [6.45, 7) is 0.303. The first-order valence-corrected chi connectivity index (χ1v) is 13.9.